The van der Waals surface area contributed by atoms with E-state index in [1.807, 2.05) is 62.6 Å². The summed E-state index contributed by atoms with van der Waals surface area (Å²) in [5.74, 6) is -0.827. The molecule has 0 saturated heterocycles. The van der Waals surface area contributed by atoms with Crippen LogP contribution in [0.15, 0.2) is 58.6 Å². The number of hydrogen-bond donors (Lipinski definition) is 2. The predicted molar refractivity (Wildman–Crippen MR) is 119 cm³/mol. The lowest BCUT2D eigenvalue weighted by atomic mass is 9.96. The molecule has 2 aliphatic rings. The summed E-state index contributed by atoms with van der Waals surface area (Å²) in [4.78, 5) is 40.4. The van der Waals surface area contributed by atoms with Gasteiger partial charge >= 0.3 is 12.0 Å². The van der Waals surface area contributed by atoms with Crippen LogP contribution in [0.5, 0.6) is 0 Å². The quantitative estimate of drug-likeness (QED) is 0.552. The minimum Gasteiger partial charge on any atom is -0.456 e. The first-order valence-electron chi connectivity index (χ1n) is 9.87. The summed E-state index contributed by atoms with van der Waals surface area (Å²) < 4.78 is 5.23. The molecule has 4 rings (SSSR count). The highest BCUT2D eigenvalue weighted by atomic mass is 32.2. The van der Waals surface area contributed by atoms with Gasteiger partial charge in [0.25, 0.3) is 0 Å². The lowest BCUT2D eigenvalue weighted by Gasteiger charge is -2.32. The molecule has 2 aromatic carbocycles. The summed E-state index contributed by atoms with van der Waals surface area (Å²) in [6.07, 6.45) is 1.98. The van der Waals surface area contributed by atoms with Gasteiger partial charge in [-0.25, -0.2) is 9.59 Å². The third-order valence-corrected chi connectivity index (χ3v) is 6.37. The summed E-state index contributed by atoms with van der Waals surface area (Å²) in [6, 6.07) is 12.3. The van der Waals surface area contributed by atoms with Gasteiger partial charge in [0.1, 0.15) is 13.2 Å². The van der Waals surface area contributed by atoms with E-state index >= 15 is 0 Å². The van der Waals surface area contributed by atoms with Gasteiger partial charge in [0.2, 0.25) is 5.91 Å². The number of urea groups is 1. The largest absolute Gasteiger partial charge is 0.456 e. The lowest BCUT2D eigenvalue weighted by Crippen LogP contribution is -2.49. The van der Waals surface area contributed by atoms with Crippen LogP contribution in [0.4, 0.5) is 10.5 Å². The number of rotatable bonds is 5. The average Bonchev–Trinajstić information content (AvgIpc) is 3.15. The topological polar surface area (TPSA) is 87.7 Å². The number of cyclic esters (lactones) is 1. The molecule has 2 aliphatic heterocycles. The molecule has 31 heavy (non-hydrogen) atoms. The van der Waals surface area contributed by atoms with Crippen LogP contribution in [0.1, 0.15) is 22.7 Å². The Balaban J connectivity index is 1.59. The SMILES string of the molecule is CSc1ccc([C@H]2NC(=O)N(CC(=O)Nc3cccc(C)c3C)C3=C2C(=O)OC3)cc1. The molecule has 2 aromatic rings. The Hall–Kier alpha value is -3.26. The van der Waals surface area contributed by atoms with Gasteiger partial charge in [-0.2, -0.15) is 0 Å². The molecule has 1 atom stereocenters. The Morgan fingerprint density at radius 1 is 1.19 bits per heavy atom. The van der Waals surface area contributed by atoms with Gasteiger partial charge < -0.3 is 15.4 Å². The number of esters is 1. The van der Waals surface area contributed by atoms with Crippen LogP contribution in [0.2, 0.25) is 0 Å². The maximum Gasteiger partial charge on any atom is 0.338 e. The third kappa shape index (κ3) is 4.03. The first-order valence-corrected chi connectivity index (χ1v) is 11.1. The van der Waals surface area contributed by atoms with Crippen molar-refractivity contribution in [3.05, 3.63) is 70.4 Å². The highest BCUT2D eigenvalue weighted by Crippen LogP contribution is 2.35. The molecule has 160 valence electrons. The Morgan fingerprint density at radius 3 is 2.65 bits per heavy atom. The van der Waals surface area contributed by atoms with Crippen LogP contribution in [0.3, 0.4) is 0 Å². The summed E-state index contributed by atoms with van der Waals surface area (Å²) in [5.41, 5.74) is 4.31. The Kier molecular flexibility index (Phi) is 5.73. The van der Waals surface area contributed by atoms with Gasteiger partial charge in [-0.05, 0) is 55.0 Å². The summed E-state index contributed by atoms with van der Waals surface area (Å²) in [6.45, 7) is 3.65. The van der Waals surface area contributed by atoms with E-state index in [2.05, 4.69) is 10.6 Å². The summed E-state index contributed by atoms with van der Waals surface area (Å²) >= 11 is 1.61. The Labute approximate surface area is 184 Å². The number of carbonyl (C=O) groups excluding carboxylic acids is 3. The van der Waals surface area contributed by atoms with E-state index in [0.717, 1.165) is 21.6 Å². The second-order valence-corrected chi connectivity index (χ2v) is 8.35. The van der Waals surface area contributed by atoms with E-state index in [-0.39, 0.29) is 19.1 Å². The van der Waals surface area contributed by atoms with Crippen LogP contribution in [0.25, 0.3) is 0 Å². The van der Waals surface area contributed by atoms with E-state index in [1.165, 1.54) is 4.90 Å². The van der Waals surface area contributed by atoms with E-state index in [0.29, 0.717) is 17.0 Å². The van der Waals surface area contributed by atoms with Gasteiger partial charge in [0.05, 0.1) is 17.3 Å². The lowest BCUT2D eigenvalue weighted by molar-refractivity contribution is -0.136. The van der Waals surface area contributed by atoms with Crippen molar-refractivity contribution in [2.75, 3.05) is 24.7 Å². The number of ether oxygens (including phenoxy) is 1. The molecule has 2 heterocycles. The first-order chi connectivity index (χ1) is 14.9. The zero-order valence-electron chi connectivity index (χ0n) is 17.5. The third-order valence-electron chi connectivity index (χ3n) is 5.63. The summed E-state index contributed by atoms with van der Waals surface area (Å²) in [5, 5.41) is 5.71. The van der Waals surface area contributed by atoms with E-state index in [1.54, 1.807) is 11.8 Å². The molecular weight excluding hydrogens is 414 g/mol. The van der Waals surface area contributed by atoms with E-state index in [4.69, 9.17) is 4.74 Å². The first kappa shape index (κ1) is 21.0. The minimum absolute atomic E-state index is 0.0300. The van der Waals surface area contributed by atoms with Gasteiger partial charge in [-0.1, -0.05) is 24.3 Å². The number of hydrogen-bond acceptors (Lipinski definition) is 5. The van der Waals surface area contributed by atoms with Crippen LogP contribution < -0.4 is 10.6 Å². The second-order valence-electron chi connectivity index (χ2n) is 7.47. The fourth-order valence-electron chi connectivity index (χ4n) is 3.74. The molecule has 2 N–H and O–H groups in total. The van der Waals surface area contributed by atoms with Crippen molar-refractivity contribution < 1.29 is 19.1 Å². The molecule has 0 aromatic heterocycles. The van der Waals surface area contributed by atoms with E-state index in [9.17, 15) is 14.4 Å². The number of anilines is 1. The predicted octanol–water partition coefficient (Wildman–Crippen LogP) is 3.54. The van der Waals surface area contributed by atoms with Crippen LogP contribution in [0, 0.1) is 13.8 Å². The van der Waals surface area contributed by atoms with Crippen molar-refractivity contribution in [3.63, 3.8) is 0 Å². The van der Waals surface area contributed by atoms with Crippen molar-refractivity contribution in [2.24, 2.45) is 0 Å². The standard InChI is InChI=1S/C23H23N3O4S/c1-13-5-4-6-17(14(13)2)24-19(27)11-26-18-12-30-22(28)20(18)21(25-23(26)29)15-7-9-16(31-3)10-8-15/h4-10,21H,11-12H2,1-3H3,(H,24,27)(H,25,29)/t21-/m1/s1. The molecule has 3 amide bonds. The number of carbonyl (C=O) groups is 3. The number of aryl methyl sites for hydroxylation is 1. The highest BCUT2D eigenvalue weighted by molar-refractivity contribution is 7.98. The van der Waals surface area contributed by atoms with Crippen LogP contribution in [-0.2, 0) is 14.3 Å². The van der Waals surface area contributed by atoms with Crippen molar-refractivity contribution >= 4 is 35.4 Å². The molecule has 0 spiro atoms. The van der Waals surface area contributed by atoms with Gasteiger partial charge in [0.15, 0.2) is 0 Å². The normalized spacial score (nSPS) is 17.9. The fraction of sp³-hybridized carbons (Fsp3) is 0.261. The zero-order valence-corrected chi connectivity index (χ0v) is 18.3. The van der Waals surface area contributed by atoms with Crippen molar-refractivity contribution in [1.82, 2.24) is 10.2 Å². The molecule has 0 unspecified atom stereocenters. The molecule has 0 radical (unpaired) electrons. The van der Waals surface area contributed by atoms with Crippen molar-refractivity contribution in [2.45, 2.75) is 24.8 Å². The Bertz CT molecular complexity index is 1090. The number of amides is 3. The Morgan fingerprint density at radius 2 is 1.94 bits per heavy atom. The van der Waals surface area contributed by atoms with Crippen molar-refractivity contribution in [3.8, 4) is 0 Å². The van der Waals surface area contributed by atoms with Gasteiger partial charge in [-0.15, -0.1) is 11.8 Å². The molecule has 7 nitrogen and oxygen atoms in total. The monoisotopic (exact) mass is 437 g/mol. The molecule has 0 aliphatic carbocycles. The minimum atomic E-state index is -0.605. The molecule has 0 saturated carbocycles. The number of nitrogens with zero attached hydrogens (tertiary/aromatic N) is 1. The second kappa shape index (κ2) is 8.47. The van der Waals surface area contributed by atoms with Crippen LogP contribution in [-0.4, -0.2) is 42.2 Å². The van der Waals surface area contributed by atoms with Crippen LogP contribution >= 0.6 is 11.8 Å². The zero-order chi connectivity index (χ0) is 22.1. The van der Waals surface area contributed by atoms with Crippen molar-refractivity contribution in [1.29, 1.82) is 0 Å². The smallest absolute Gasteiger partial charge is 0.338 e. The maximum atomic E-state index is 12.9. The van der Waals surface area contributed by atoms with E-state index < -0.39 is 18.0 Å². The number of thioether (sulfide) groups is 1. The molecule has 8 heteroatoms. The maximum absolute atomic E-state index is 12.9. The molecule has 0 fully saturated rings. The van der Waals surface area contributed by atoms with Gasteiger partial charge in [-0.3, -0.25) is 9.69 Å². The fourth-order valence-corrected chi connectivity index (χ4v) is 4.15. The molecule has 0 bridgehead atoms. The molecular formula is C23H23N3O4S. The number of nitrogens with one attached hydrogen (secondary N) is 2. The average molecular weight is 438 g/mol. The highest BCUT2D eigenvalue weighted by Gasteiger charge is 2.42. The van der Waals surface area contributed by atoms with Gasteiger partial charge in [0, 0.05) is 10.6 Å². The number of benzene rings is 2. The summed E-state index contributed by atoms with van der Waals surface area (Å²) in [7, 11) is 0.